The molecule has 6 heteroatoms. The van der Waals surface area contributed by atoms with Crippen molar-refractivity contribution in [3.05, 3.63) is 65.5 Å². The third-order valence-corrected chi connectivity index (χ3v) is 4.89. The Balaban J connectivity index is 1.77. The lowest BCUT2D eigenvalue weighted by molar-refractivity contribution is 0.0950. The first-order valence-electron chi connectivity index (χ1n) is 8.84. The molecule has 0 spiro atoms. The molecule has 1 amide bonds. The number of amides is 1. The van der Waals surface area contributed by atoms with E-state index in [1.54, 1.807) is 14.2 Å². The number of methoxy groups -OCH3 is 2. The van der Waals surface area contributed by atoms with Gasteiger partial charge in [0.15, 0.2) is 0 Å². The number of carbonyl (C=O) groups excluding carboxylic acids is 1. The highest BCUT2D eigenvalue weighted by Crippen LogP contribution is 2.37. The summed E-state index contributed by atoms with van der Waals surface area (Å²) in [4.78, 5) is 20.5. The monoisotopic (exact) mass is 363 g/mol. The molecule has 1 aliphatic rings. The van der Waals surface area contributed by atoms with E-state index in [9.17, 15) is 4.79 Å². The first-order chi connectivity index (χ1) is 13.2. The van der Waals surface area contributed by atoms with Crippen LogP contribution in [0.2, 0.25) is 0 Å². The van der Waals surface area contributed by atoms with Gasteiger partial charge in [0, 0.05) is 18.2 Å². The molecule has 2 N–H and O–H groups in total. The van der Waals surface area contributed by atoms with Crippen molar-refractivity contribution in [2.45, 2.75) is 12.3 Å². The molecule has 0 unspecified atom stereocenters. The van der Waals surface area contributed by atoms with Crippen molar-refractivity contribution in [2.75, 3.05) is 20.8 Å². The lowest BCUT2D eigenvalue weighted by Gasteiger charge is -2.14. The summed E-state index contributed by atoms with van der Waals surface area (Å²) in [5.74, 6) is 1.86. The van der Waals surface area contributed by atoms with Crippen molar-refractivity contribution in [3.8, 4) is 22.9 Å². The molecule has 0 fully saturated rings. The molecule has 0 bridgehead atoms. The van der Waals surface area contributed by atoms with Gasteiger partial charge in [-0.15, -0.1) is 0 Å². The van der Waals surface area contributed by atoms with Gasteiger partial charge in [-0.25, -0.2) is 4.98 Å². The molecule has 2 heterocycles. The van der Waals surface area contributed by atoms with E-state index in [0.29, 0.717) is 41.5 Å². The van der Waals surface area contributed by atoms with Crippen molar-refractivity contribution < 1.29 is 14.3 Å². The summed E-state index contributed by atoms with van der Waals surface area (Å²) in [5.41, 5.74) is 3.15. The molecule has 3 aromatic rings. The number of hydrogen-bond acceptors (Lipinski definition) is 4. The Hall–Kier alpha value is -3.28. The van der Waals surface area contributed by atoms with Crippen LogP contribution < -0.4 is 14.8 Å². The van der Waals surface area contributed by atoms with E-state index in [2.05, 4.69) is 27.4 Å². The summed E-state index contributed by atoms with van der Waals surface area (Å²) in [7, 11) is 3.20. The minimum atomic E-state index is -0.167. The van der Waals surface area contributed by atoms with Gasteiger partial charge in [0.1, 0.15) is 28.6 Å². The van der Waals surface area contributed by atoms with Crippen molar-refractivity contribution in [2.24, 2.45) is 0 Å². The average molecular weight is 363 g/mol. The number of benzene rings is 2. The van der Waals surface area contributed by atoms with E-state index in [1.807, 2.05) is 36.4 Å². The number of aromatic nitrogens is 2. The van der Waals surface area contributed by atoms with Gasteiger partial charge < -0.3 is 19.8 Å². The van der Waals surface area contributed by atoms with Crippen LogP contribution in [0.15, 0.2) is 48.5 Å². The number of fused-ring (bicyclic) bond motifs is 1. The SMILES string of the molecule is COc1cccc(OC)c1-c1nc2c([nH]1)C[C@@H](c1ccccc1)CNC2=O. The summed E-state index contributed by atoms with van der Waals surface area (Å²) in [6.45, 7) is 0.584. The van der Waals surface area contributed by atoms with E-state index in [-0.39, 0.29) is 11.8 Å². The fourth-order valence-corrected chi connectivity index (χ4v) is 3.53. The third kappa shape index (κ3) is 3.14. The highest BCUT2D eigenvalue weighted by molar-refractivity contribution is 5.95. The summed E-state index contributed by atoms with van der Waals surface area (Å²) >= 11 is 0. The topological polar surface area (TPSA) is 76.2 Å². The van der Waals surface area contributed by atoms with Crippen molar-refractivity contribution in [1.82, 2.24) is 15.3 Å². The highest BCUT2D eigenvalue weighted by Gasteiger charge is 2.28. The molecule has 1 atom stereocenters. The molecule has 2 aromatic carbocycles. The number of aromatic amines is 1. The first kappa shape index (κ1) is 17.1. The van der Waals surface area contributed by atoms with E-state index in [4.69, 9.17) is 9.47 Å². The molecule has 27 heavy (non-hydrogen) atoms. The van der Waals surface area contributed by atoms with Crippen LogP contribution in [-0.2, 0) is 6.42 Å². The normalized spacial score (nSPS) is 16.2. The summed E-state index contributed by atoms with van der Waals surface area (Å²) < 4.78 is 11.0. The van der Waals surface area contributed by atoms with Gasteiger partial charge in [-0.05, 0) is 24.1 Å². The Morgan fingerprint density at radius 3 is 2.37 bits per heavy atom. The molecular weight excluding hydrogens is 342 g/mol. The molecular formula is C21H21N3O3. The fourth-order valence-electron chi connectivity index (χ4n) is 3.53. The Bertz CT molecular complexity index is 944. The van der Waals surface area contributed by atoms with E-state index in [0.717, 1.165) is 5.69 Å². The molecule has 0 saturated heterocycles. The van der Waals surface area contributed by atoms with Crippen molar-refractivity contribution >= 4 is 5.91 Å². The zero-order valence-electron chi connectivity index (χ0n) is 15.3. The number of H-pyrrole nitrogens is 1. The zero-order valence-corrected chi connectivity index (χ0v) is 15.3. The Kier molecular flexibility index (Phi) is 4.54. The smallest absolute Gasteiger partial charge is 0.271 e. The van der Waals surface area contributed by atoms with Crippen LogP contribution in [0.25, 0.3) is 11.4 Å². The molecule has 1 aromatic heterocycles. The number of ether oxygens (including phenoxy) is 2. The average Bonchev–Trinajstić information content (AvgIpc) is 3.07. The number of nitrogens with zero attached hydrogens (tertiary/aromatic N) is 1. The van der Waals surface area contributed by atoms with Gasteiger partial charge in [-0.2, -0.15) is 0 Å². The van der Waals surface area contributed by atoms with Crippen molar-refractivity contribution in [3.63, 3.8) is 0 Å². The van der Waals surface area contributed by atoms with E-state index >= 15 is 0 Å². The Labute approximate surface area is 157 Å². The predicted molar refractivity (Wildman–Crippen MR) is 102 cm³/mol. The van der Waals surface area contributed by atoms with Crippen LogP contribution in [-0.4, -0.2) is 36.6 Å². The molecule has 1 aliphatic heterocycles. The van der Waals surface area contributed by atoms with Crippen LogP contribution in [0.4, 0.5) is 0 Å². The van der Waals surface area contributed by atoms with Crippen molar-refractivity contribution in [1.29, 1.82) is 0 Å². The van der Waals surface area contributed by atoms with Gasteiger partial charge in [0.05, 0.1) is 14.2 Å². The molecule has 0 radical (unpaired) electrons. The van der Waals surface area contributed by atoms with Crippen LogP contribution in [0.5, 0.6) is 11.5 Å². The van der Waals surface area contributed by atoms with E-state index in [1.165, 1.54) is 5.56 Å². The van der Waals surface area contributed by atoms with Gasteiger partial charge in [-0.3, -0.25) is 4.79 Å². The number of rotatable bonds is 4. The Morgan fingerprint density at radius 1 is 1.00 bits per heavy atom. The van der Waals surface area contributed by atoms with Crippen LogP contribution >= 0.6 is 0 Å². The largest absolute Gasteiger partial charge is 0.496 e. The van der Waals surface area contributed by atoms with Crippen LogP contribution in [0.1, 0.15) is 27.7 Å². The Morgan fingerprint density at radius 2 is 1.70 bits per heavy atom. The summed E-state index contributed by atoms with van der Waals surface area (Å²) in [5, 5.41) is 2.99. The maximum Gasteiger partial charge on any atom is 0.271 e. The molecule has 0 saturated carbocycles. The van der Waals surface area contributed by atoms with Gasteiger partial charge in [0.25, 0.3) is 5.91 Å². The lowest BCUT2D eigenvalue weighted by Crippen LogP contribution is -2.26. The van der Waals surface area contributed by atoms with Crippen LogP contribution in [0, 0.1) is 0 Å². The van der Waals surface area contributed by atoms with Gasteiger partial charge in [-0.1, -0.05) is 36.4 Å². The second kappa shape index (κ2) is 7.15. The van der Waals surface area contributed by atoms with Gasteiger partial charge >= 0.3 is 0 Å². The number of nitrogens with one attached hydrogen (secondary N) is 2. The number of hydrogen-bond donors (Lipinski definition) is 2. The molecule has 138 valence electrons. The molecule has 4 rings (SSSR count). The molecule has 6 nitrogen and oxygen atoms in total. The number of imidazole rings is 1. The highest BCUT2D eigenvalue weighted by atomic mass is 16.5. The van der Waals surface area contributed by atoms with Crippen LogP contribution in [0.3, 0.4) is 0 Å². The zero-order chi connectivity index (χ0) is 18.8. The quantitative estimate of drug-likeness (QED) is 0.747. The summed E-state index contributed by atoms with van der Waals surface area (Å²) in [6.07, 6.45) is 0.697. The lowest BCUT2D eigenvalue weighted by atomic mass is 9.94. The van der Waals surface area contributed by atoms with E-state index < -0.39 is 0 Å². The fraction of sp³-hybridized carbons (Fsp3) is 0.238. The number of carbonyl (C=O) groups is 1. The first-order valence-corrected chi connectivity index (χ1v) is 8.84. The minimum absolute atomic E-state index is 0.167. The maximum atomic E-state index is 12.6. The summed E-state index contributed by atoms with van der Waals surface area (Å²) in [6, 6.07) is 15.7. The maximum absolute atomic E-state index is 12.6. The second-order valence-electron chi connectivity index (χ2n) is 6.47. The second-order valence-corrected chi connectivity index (χ2v) is 6.47. The predicted octanol–water partition coefficient (Wildman–Crippen LogP) is 3.16. The molecule has 0 aliphatic carbocycles. The standard InChI is InChI=1S/C21H21N3O3/c1-26-16-9-6-10-17(27-2)18(16)20-23-15-11-14(13-7-4-3-5-8-13)12-22-21(25)19(15)24-20/h3-10,14H,11-12H2,1-2H3,(H,22,25)(H,23,24)/t14-/m1/s1. The minimum Gasteiger partial charge on any atom is -0.496 e. The third-order valence-electron chi connectivity index (χ3n) is 4.89. The van der Waals surface area contributed by atoms with Gasteiger partial charge in [0.2, 0.25) is 0 Å².